The van der Waals surface area contributed by atoms with Crippen molar-refractivity contribution in [3.8, 4) is 11.8 Å². The molecule has 7 nitrogen and oxygen atoms in total. The quantitative estimate of drug-likeness (QED) is 0.183. The zero-order valence-electron chi connectivity index (χ0n) is 19.1. The Bertz CT molecular complexity index is 1180. The summed E-state index contributed by atoms with van der Waals surface area (Å²) in [4.78, 5) is 38.6. The number of nitrogens with zero attached hydrogens (tertiary/aromatic N) is 1. The van der Waals surface area contributed by atoms with Gasteiger partial charge < -0.3 is 14.2 Å². The number of halogens is 2. The molecule has 0 N–H and O–H groups in total. The molecule has 1 heterocycles. The van der Waals surface area contributed by atoms with Crippen LogP contribution in [0.4, 0.5) is 0 Å². The van der Waals surface area contributed by atoms with Gasteiger partial charge in [0.2, 0.25) is 0 Å². The molecule has 0 bridgehead atoms. The van der Waals surface area contributed by atoms with Gasteiger partial charge in [-0.2, -0.15) is 5.26 Å². The number of esters is 2. The molecule has 0 amide bonds. The second kappa shape index (κ2) is 12.8. The van der Waals surface area contributed by atoms with Crippen LogP contribution < -0.4 is 4.74 Å². The van der Waals surface area contributed by atoms with Crippen molar-refractivity contribution in [3.05, 3.63) is 53.1 Å². The van der Waals surface area contributed by atoms with Crippen molar-refractivity contribution in [1.82, 2.24) is 0 Å². The molecule has 10 heteroatoms. The molecule has 0 spiro atoms. The van der Waals surface area contributed by atoms with Gasteiger partial charge in [0.1, 0.15) is 16.7 Å². The second-order valence-electron chi connectivity index (χ2n) is 6.80. The lowest BCUT2D eigenvalue weighted by Crippen LogP contribution is -2.12. The van der Waals surface area contributed by atoms with E-state index in [1.54, 1.807) is 32.9 Å². The summed E-state index contributed by atoms with van der Waals surface area (Å²) in [7, 11) is 0. The maximum Gasteiger partial charge on any atom is 0.348 e. The molecule has 0 aliphatic carbocycles. The maximum absolute atomic E-state index is 13.1. The van der Waals surface area contributed by atoms with Crippen molar-refractivity contribution in [1.29, 1.82) is 5.26 Å². The summed E-state index contributed by atoms with van der Waals surface area (Å²) in [5, 5.41) is 9.71. The van der Waals surface area contributed by atoms with Gasteiger partial charge in [0.05, 0.1) is 35.4 Å². The number of benzene rings is 1. The Morgan fingerprint density at radius 3 is 2.29 bits per heavy atom. The lowest BCUT2D eigenvalue weighted by Gasteiger charge is -2.11. The number of ketones is 1. The standard InChI is InChI=1S/C24H23Br2NO6S/c1-5-31-21-14(9-16(25)10-17(21)26)8-15(12-27)18(28)11-19-20(23(29)32-6-2)13(4)22(34-19)24(30)33-7-3/h8-10H,5-7,11H2,1-4H3. The highest BCUT2D eigenvalue weighted by Gasteiger charge is 2.28. The predicted octanol–water partition coefficient (Wildman–Crippen LogP) is 6.05. The van der Waals surface area contributed by atoms with E-state index in [4.69, 9.17) is 14.2 Å². The molecule has 0 aliphatic rings. The molecule has 180 valence electrons. The van der Waals surface area contributed by atoms with Crippen LogP contribution in [0.1, 0.15) is 56.8 Å². The molecule has 0 saturated carbocycles. The molecule has 0 unspecified atom stereocenters. The molecular weight excluding hydrogens is 590 g/mol. The highest BCUT2D eigenvalue weighted by atomic mass is 79.9. The lowest BCUT2D eigenvalue weighted by molar-refractivity contribution is -0.114. The van der Waals surface area contributed by atoms with E-state index in [1.807, 2.05) is 13.0 Å². The number of thiophene rings is 1. The van der Waals surface area contributed by atoms with E-state index in [0.717, 1.165) is 15.8 Å². The van der Waals surface area contributed by atoms with Gasteiger partial charge in [0.15, 0.2) is 5.78 Å². The van der Waals surface area contributed by atoms with Crippen LogP contribution in [-0.2, 0) is 20.7 Å². The number of nitriles is 1. The summed E-state index contributed by atoms with van der Waals surface area (Å²) in [5.41, 5.74) is 0.958. The van der Waals surface area contributed by atoms with Gasteiger partial charge >= 0.3 is 11.9 Å². The van der Waals surface area contributed by atoms with Crippen LogP contribution in [-0.4, -0.2) is 37.5 Å². The largest absolute Gasteiger partial charge is 0.492 e. The fourth-order valence-corrected chi connectivity index (χ4v) is 5.67. The van der Waals surface area contributed by atoms with Gasteiger partial charge in [-0.3, -0.25) is 4.79 Å². The van der Waals surface area contributed by atoms with Gasteiger partial charge in [-0.25, -0.2) is 9.59 Å². The Kier molecular flexibility index (Phi) is 10.5. The Balaban J connectivity index is 2.51. The third-order valence-electron chi connectivity index (χ3n) is 4.53. The normalized spacial score (nSPS) is 11.0. The van der Waals surface area contributed by atoms with Gasteiger partial charge in [-0.1, -0.05) is 15.9 Å². The summed E-state index contributed by atoms with van der Waals surface area (Å²) in [6, 6.07) is 5.47. The van der Waals surface area contributed by atoms with Crippen LogP contribution in [0.5, 0.6) is 5.75 Å². The fourth-order valence-electron chi connectivity index (χ4n) is 3.12. The number of carbonyl (C=O) groups is 3. The average molecular weight is 613 g/mol. The molecule has 2 aromatic rings. The molecule has 0 atom stereocenters. The topological polar surface area (TPSA) is 103 Å². The van der Waals surface area contributed by atoms with Crippen LogP contribution in [0.25, 0.3) is 6.08 Å². The number of allylic oxidation sites excluding steroid dienone is 1. The van der Waals surface area contributed by atoms with E-state index in [9.17, 15) is 19.6 Å². The van der Waals surface area contributed by atoms with E-state index in [2.05, 4.69) is 31.9 Å². The minimum Gasteiger partial charge on any atom is -0.492 e. The summed E-state index contributed by atoms with van der Waals surface area (Å²) in [6.45, 7) is 7.48. The first-order valence-corrected chi connectivity index (χ1v) is 12.8. The molecular formula is C24H23Br2NO6S. The van der Waals surface area contributed by atoms with Crippen LogP contribution in [0.15, 0.2) is 26.7 Å². The Morgan fingerprint density at radius 1 is 1.06 bits per heavy atom. The summed E-state index contributed by atoms with van der Waals surface area (Å²) >= 11 is 7.83. The smallest absolute Gasteiger partial charge is 0.348 e. The molecule has 0 aliphatic heterocycles. The minimum absolute atomic E-state index is 0.121. The number of hydrogen-bond donors (Lipinski definition) is 0. The first-order valence-electron chi connectivity index (χ1n) is 10.4. The zero-order valence-corrected chi connectivity index (χ0v) is 23.1. The summed E-state index contributed by atoms with van der Waals surface area (Å²) < 4.78 is 17.3. The predicted molar refractivity (Wildman–Crippen MR) is 136 cm³/mol. The monoisotopic (exact) mass is 611 g/mol. The SMILES string of the molecule is CCOC(=O)c1sc(CC(=O)C(C#N)=Cc2cc(Br)cc(Br)c2OCC)c(C(=O)OCC)c1C. The number of ether oxygens (including phenoxy) is 3. The van der Waals surface area contributed by atoms with Crippen molar-refractivity contribution >= 4 is 67.0 Å². The first kappa shape index (κ1) is 27.8. The van der Waals surface area contributed by atoms with Gasteiger partial charge in [0, 0.05) is 21.3 Å². The van der Waals surface area contributed by atoms with Crippen LogP contribution in [0, 0.1) is 18.3 Å². The van der Waals surface area contributed by atoms with E-state index in [1.165, 1.54) is 6.08 Å². The Hall–Kier alpha value is -2.48. The molecule has 2 rings (SSSR count). The number of hydrogen-bond acceptors (Lipinski definition) is 8. The lowest BCUT2D eigenvalue weighted by atomic mass is 10.0. The van der Waals surface area contributed by atoms with Gasteiger partial charge in [-0.05, 0) is 67.4 Å². The van der Waals surface area contributed by atoms with Gasteiger partial charge in [-0.15, -0.1) is 11.3 Å². The van der Waals surface area contributed by atoms with Crippen LogP contribution >= 0.6 is 43.2 Å². The first-order chi connectivity index (χ1) is 16.2. The maximum atomic E-state index is 13.1. The average Bonchev–Trinajstić information content (AvgIpc) is 3.10. The summed E-state index contributed by atoms with van der Waals surface area (Å²) in [6.07, 6.45) is 1.19. The Labute approximate surface area is 219 Å². The number of rotatable bonds is 10. The third-order valence-corrected chi connectivity index (χ3v) is 6.85. The van der Waals surface area contributed by atoms with Crippen molar-refractivity contribution < 1.29 is 28.6 Å². The number of carbonyl (C=O) groups excluding carboxylic acids is 3. The molecule has 0 fully saturated rings. The van der Waals surface area contributed by atoms with Crippen molar-refractivity contribution in [2.75, 3.05) is 19.8 Å². The molecule has 0 saturated heterocycles. The van der Waals surface area contributed by atoms with Gasteiger partial charge in [0.25, 0.3) is 0 Å². The van der Waals surface area contributed by atoms with Crippen molar-refractivity contribution in [3.63, 3.8) is 0 Å². The van der Waals surface area contributed by atoms with Crippen molar-refractivity contribution in [2.45, 2.75) is 34.1 Å². The molecule has 1 aromatic heterocycles. The molecule has 34 heavy (non-hydrogen) atoms. The van der Waals surface area contributed by atoms with E-state index in [-0.39, 0.29) is 35.6 Å². The third kappa shape index (κ3) is 6.56. The van der Waals surface area contributed by atoms with E-state index < -0.39 is 17.7 Å². The van der Waals surface area contributed by atoms with Crippen LogP contribution in [0.2, 0.25) is 0 Å². The second-order valence-corrected chi connectivity index (χ2v) is 9.68. The molecule has 0 radical (unpaired) electrons. The highest BCUT2D eigenvalue weighted by Crippen LogP contribution is 2.35. The van der Waals surface area contributed by atoms with E-state index >= 15 is 0 Å². The Morgan fingerprint density at radius 2 is 1.71 bits per heavy atom. The minimum atomic E-state index is -0.633. The fraction of sp³-hybridized carbons (Fsp3) is 0.333. The highest BCUT2D eigenvalue weighted by molar-refractivity contribution is 9.11. The number of Topliss-reactive ketones (excluding diaryl/α,β-unsaturated/α-hetero) is 1. The molecule has 1 aromatic carbocycles. The van der Waals surface area contributed by atoms with Crippen LogP contribution in [0.3, 0.4) is 0 Å². The van der Waals surface area contributed by atoms with Crippen molar-refractivity contribution in [2.24, 2.45) is 0 Å². The summed E-state index contributed by atoms with van der Waals surface area (Å²) in [5.74, 6) is -1.23. The van der Waals surface area contributed by atoms with E-state index in [0.29, 0.717) is 32.8 Å². The zero-order chi connectivity index (χ0) is 25.4.